The van der Waals surface area contributed by atoms with Crippen molar-refractivity contribution in [3.05, 3.63) is 52.2 Å². The van der Waals surface area contributed by atoms with Crippen LogP contribution in [0.15, 0.2) is 46.8 Å². The molecular formula is C18H26IN3OS. The van der Waals surface area contributed by atoms with E-state index < -0.39 is 0 Å². The Morgan fingerprint density at radius 1 is 1.21 bits per heavy atom. The van der Waals surface area contributed by atoms with Crippen molar-refractivity contribution in [2.45, 2.75) is 32.9 Å². The minimum atomic E-state index is 0. The lowest BCUT2D eigenvalue weighted by Crippen LogP contribution is -2.37. The van der Waals surface area contributed by atoms with Gasteiger partial charge < -0.3 is 15.4 Å². The number of thiophene rings is 1. The molecule has 0 radical (unpaired) electrons. The maximum atomic E-state index is 5.72. The smallest absolute Gasteiger partial charge is 0.191 e. The molecule has 1 aromatic heterocycles. The van der Waals surface area contributed by atoms with E-state index in [9.17, 15) is 0 Å². The average molecular weight is 459 g/mol. The zero-order valence-electron chi connectivity index (χ0n) is 14.4. The molecule has 0 bridgehead atoms. The van der Waals surface area contributed by atoms with Gasteiger partial charge >= 0.3 is 0 Å². The molecule has 2 rings (SSSR count). The molecule has 0 spiro atoms. The van der Waals surface area contributed by atoms with Gasteiger partial charge in [-0.1, -0.05) is 18.2 Å². The Labute approximate surface area is 165 Å². The first kappa shape index (κ1) is 20.8. The van der Waals surface area contributed by atoms with E-state index in [4.69, 9.17) is 4.74 Å². The Morgan fingerprint density at radius 2 is 2.04 bits per heavy atom. The number of halogens is 1. The largest absolute Gasteiger partial charge is 0.491 e. The van der Waals surface area contributed by atoms with Gasteiger partial charge in [0.1, 0.15) is 5.75 Å². The molecule has 6 heteroatoms. The summed E-state index contributed by atoms with van der Waals surface area (Å²) in [5, 5.41) is 8.78. The van der Waals surface area contributed by atoms with Gasteiger partial charge in [-0.3, -0.25) is 4.99 Å². The van der Waals surface area contributed by atoms with Gasteiger partial charge in [-0.2, -0.15) is 0 Å². The molecule has 1 heterocycles. The summed E-state index contributed by atoms with van der Waals surface area (Å²) in [5.74, 6) is 1.72. The molecular weight excluding hydrogens is 433 g/mol. The van der Waals surface area contributed by atoms with Crippen LogP contribution in [-0.2, 0) is 13.0 Å². The third-order valence-electron chi connectivity index (χ3n) is 3.20. The van der Waals surface area contributed by atoms with Crippen molar-refractivity contribution in [1.29, 1.82) is 0 Å². The molecule has 0 fully saturated rings. The normalized spacial score (nSPS) is 11.1. The van der Waals surface area contributed by atoms with Crippen molar-refractivity contribution in [3.63, 3.8) is 0 Å². The summed E-state index contributed by atoms with van der Waals surface area (Å²) in [6.45, 7) is 5.65. The van der Waals surface area contributed by atoms with Gasteiger partial charge in [0.05, 0.1) is 6.10 Å². The molecule has 1 aromatic carbocycles. The number of hydrogen-bond donors (Lipinski definition) is 2. The van der Waals surface area contributed by atoms with E-state index in [-0.39, 0.29) is 30.1 Å². The quantitative estimate of drug-likeness (QED) is 0.373. The fourth-order valence-corrected chi connectivity index (χ4v) is 2.88. The van der Waals surface area contributed by atoms with Crippen molar-refractivity contribution in [2.24, 2.45) is 4.99 Å². The molecule has 2 N–H and O–H groups in total. The summed E-state index contributed by atoms with van der Waals surface area (Å²) < 4.78 is 5.72. The van der Waals surface area contributed by atoms with E-state index in [2.05, 4.69) is 45.3 Å². The van der Waals surface area contributed by atoms with Crippen LogP contribution in [0.25, 0.3) is 0 Å². The van der Waals surface area contributed by atoms with Crippen LogP contribution in [0.4, 0.5) is 0 Å². The summed E-state index contributed by atoms with van der Waals surface area (Å²) in [4.78, 5) is 5.64. The van der Waals surface area contributed by atoms with Crippen molar-refractivity contribution in [1.82, 2.24) is 10.6 Å². The van der Waals surface area contributed by atoms with Crippen LogP contribution in [0.5, 0.6) is 5.75 Å². The fourth-order valence-electron chi connectivity index (χ4n) is 2.17. The van der Waals surface area contributed by atoms with Crippen molar-refractivity contribution < 1.29 is 4.74 Å². The van der Waals surface area contributed by atoms with E-state index in [1.54, 1.807) is 18.4 Å². The summed E-state index contributed by atoms with van der Waals surface area (Å²) in [6, 6.07) is 12.4. The van der Waals surface area contributed by atoms with Crippen LogP contribution in [-0.4, -0.2) is 25.7 Å². The van der Waals surface area contributed by atoms with Crippen LogP contribution in [0, 0.1) is 0 Å². The van der Waals surface area contributed by atoms with Gasteiger partial charge in [-0.15, -0.1) is 35.3 Å². The van der Waals surface area contributed by atoms with Gasteiger partial charge in [0.15, 0.2) is 5.96 Å². The van der Waals surface area contributed by atoms with Crippen LogP contribution in [0.1, 0.15) is 24.3 Å². The molecule has 4 nitrogen and oxygen atoms in total. The highest BCUT2D eigenvalue weighted by Gasteiger charge is 2.02. The molecule has 0 atom stereocenters. The van der Waals surface area contributed by atoms with E-state index >= 15 is 0 Å². The summed E-state index contributed by atoms with van der Waals surface area (Å²) in [6.07, 6.45) is 1.20. The van der Waals surface area contributed by atoms with Crippen LogP contribution < -0.4 is 15.4 Å². The number of hydrogen-bond acceptors (Lipinski definition) is 3. The number of aliphatic imine (C=N–C) groups is 1. The van der Waals surface area contributed by atoms with Crippen LogP contribution >= 0.6 is 35.3 Å². The third kappa shape index (κ3) is 7.53. The highest BCUT2D eigenvalue weighted by molar-refractivity contribution is 14.0. The lowest BCUT2D eigenvalue weighted by atomic mass is 10.2. The fraction of sp³-hybridized carbons (Fsp3) is 0.389. The van der Waals surface area contributed by atoms with Gasteiger partial charge in [-0.25, -0.2) is 0 Å². The predicted octanol–water partition coefficient (Wildman–Crippen LogP) is 4.06. The molecule has 24 heavy (non-hydrogen) atoms. The predicted molar refractivity (Wildman–Crippen MR) is 114 cm³/mol. The van der Waals surface area contributed by atoms with Gasteiger partial charge in [0, 0.05) is 25.0 Å². The Morgan fingerprint density at radius 3 is 2.71 bits per heavy atom. The van der Waals surface area contributed by atoms with Crippen molar-refractivity contribution in [2.75, 3.05) is 13.6 Å². The van der Waals surface area contributed by atoms with Crippen LogP contribution in [0.3, 0.4) is 0 Å². The zero-order chi connectivity index (χ0) is 16.5. The van der Waals surface area contributed by atoms with Gasteiger partial charge in [0.25, 0.3) is 0 Å². The Hall–Kier alpha value is -1.28. The maximum absolute atomic E-state index is 5.72. The van der Waals surface area contributed by atoms with Crippen molar-refractivity contribution >= 4 is 41.3 Å². The summed E-state index contributed by atoms with van der Waals surface area (Å²) in [5.41, 5.74) is 1.17. The second kappa shape index (κ2) is 11.3. The third-order valence-corrected chi connectivity index (χ3v) is 4.13. The number of guanidine groups is 1. The molecule has 0 amide bonds. The molecule has 0 unspecified atom stereocenters. The van der Waals surface area contributed by atoms with E-state index in [1.807, 2.05) is 26.0 Å². The monoisotopic (exact) mass is 459 g/mol. The standard InChI is InChI=1S/C18H25N3OS.HI/c1-14(2)22-16-7-4-6-15(12-16)13-21-18(19-3)20-10-9-17-8-5-11-23-17;/h4-8,11-12,14H,9-10,13H2,1-3H3,(H2,19,20,21);1H. The highest BCUT2D eigenvalue weighted by atomic mass is 127. The topological polar surface area (TPSA) is 45.7 Å². The number of nitrogens with zero attached hydrogens (tertiary/aromatic N) is 1. The first-order valence-corrected chi connectivity index (χ1v) is 8.78. The Kier molecular flexibility index (Phi) is 9.78. The van der Waals surface area contributed by atoms with Gasteiger partial charge in [-0.05, 0) is 49.4 Å². The highest BCUT2D eigenvalue weighted by Crippen LogP contribution is 2.14. The first-order chi connectivity index (χ1) is 11.2. The molecule has 0 aliphatic carbocycles. The second-order valence-electron chi connectivity index (χ2n) is 5.50. The van der Waals surface area contributed by atoms with Gasteiger partial charge in [0.2, 0.25) is 0 Å². The number of benzene rings is 1. The SMILES string of the molecule is CN=C(NCCc1cccs1)NCc1cccc(OC(C)C)c1.I. The Balaban J connectivity index is 0.00000288. The molecule has 2 aromatic rings. The first-order valence-electron chi connectivity index (χ1n) is 7.90. The van der Waals surface area contributed by atoms with Crippen LogP contribution in [0.2, 0.25) is 0 Å². The minimum absolute atomic E-state index is 0. The number of rotatable bonds is 7. The molecule has 132 valence electrons. The molecule has 0 saturated heterocycles. The molecule has 0 saturated carbocycles. The summed E-state index contributed by atoms with van der Waals surface area (Å²) in [7, 11) is 1.79. The lowest BCUT2D eigenvalue weighted by molar-refractivity contribution is 0.242. The maximum Gasteiger partial charge on any atom is 0.191 e. The lowest BCUT2D eigenvalue weighted by Gasteiger charge is -2.13. The molecule has 0 aliphatic rings. The number of nitrogens with one attached hydrogen (secondary N) is 2. The zero-order valence-corrected chi connectivity index (χ0v) is 17.6. The van der Waals surface area contributed by atoms with Crippen molar-refractivity contribution in [3.8, 4) is 5.75 Å². The summed E-state index contributed by atoms with van der Waals surface area (Å²) >= 11 is 1.78. The molecule has 0 aliphatic heterocycles. The number of ether oxygens (including phenoxy) is 1. The Bertz CT molecular complexity index is 614. The van der Waals surface area contributed by atoms with E-state index in [0.29, 0.717) is 6.54 Å². The van der Waals surface area contributed by atoms with E-state index in [0.717, 1.165) is 24.7 Å². The average Bonchev–Trinajstić information content (AvgIpc) is 3.03. The second-order valence-corrected chi connectivity index (χ2v) is 6.53. The van der Waals surface area contributed by atoms with E-state index in [1.165, 1.54) is 10.4 Å². The minimum Gasteiger partial charge on any atom is -0.491 e.